The Labute approximate surface area is 107 Å². The summed E-state index contributed by atoms with van der Waals surface area (Å²) in [5, 5.41) is 0.666. The normalized spacial score (nSPS) is 27.2. The minimum Gasteiger partial charge on any atom is -0.324 e. The van der Waals surface area contributed by atoms with Gasteiger partial charge in [-0.05, 0) is 37.0 Å². The molecule has 0 saturated carbocycles. The van der Waals surface area contributed by atoms with E-state index in [0.29, 0.717) is 17.9 Å². The predicted molar refractivity (Wildman–Crippen MR) is 70.1 cm³/mol. The smallest absolute Gasteiger partial charge is 0.152 e. The van der Waals surface area contributed by atoms with E-state index in [-0.39, 0.29) is 11.5 Å². The summed E-state index contributed by atoms with van der Waals surface area (Å²) in [4.78, 5) is 0. The number of rotatable bonds is 2. The topological polar surface area (TPSA) is 60.2 Å². The maximum atomic E-state index is 11.5. The van der Waals surface area contributed by atoms with Crippen LogP contribution in [0, 0.1) is 6.92 Å². The Balaban J connectivity index is 2.22. The maximum absolute atomic E-state index is 11.5. The third-order valence-electron chi connectivity index (χ3n) is 3.17. The Morgan fingerprint density at radius 1 is 1.47 bits per heavy atom. The SMILES string of the molecule is Cc1ccc(CC2(N)CCS(=O)(=O)C2)c(Cl)c1. The number of nitrogens with two attached hydrogens (primary N) is 1. The van der Waals surface area contributed by atoms with Crippen LogP contribution >= 0.6 is 11.6 Å². The van der Waals surface area contributed by atoms with Gasteiger partial charge in [-0.1, -0.05) is 23.7 Å². The molecule has 1 aromatic rings. The summed E-state index contributed by atoms with van der Waals surface area (Å²) in [6, 6.07) is 5.77. The number of hydrogen-bond acceptors (Lipinski definition) is 3. The molecular formula is C12H16ClNO2S. The highest BCUT2D eigenvalue weighted by Gasteiger charge is 2.39. The minimum absolute atomic E-state index is 0.0597. The van der Waals surface area contributed by atoms with Crippen molar-refractivity contribution in [2.45, 2.75) is 25.3 Å². The molecule has 0 spiro atoms. The lowest BCUT2D eigenvalue weighted by Crippen LogP contribution is -2.43. The molecule has 0 aliphatic carbocycles. The molecule has 0 radical (unpaired) electrons. The first kappa shape index (κ1) is 12.9. The quantitative estimate of drug-likeness (QED) is 0.892. The van der Waals surface area contributed by atoms with Gasteiger partial charge in [0.2, 0.25) is 0 Å². The summed E-state index contributed by atoms with van der Waals surface area (Å²) in [6.07, 6.45) is 1.03. The second-order valence-electron chi connectivity index (χ2n) is 4.98. The monoisotopic (exact) mass is 273 g/mol. The molecule has 1 aliphatic heterocycles. The molecule has 1 aliphatic rings. The summed E-state index contributed by atoms with van der Waals surface area (Å²) in [6.45, 7) is 1.97. The average molecular weight is 274 g/mol. The van der Waals surface area contributed by atoms with Gasteiger partial charge in [-0.3, -0.25) is 0 Å². The van der Waals surface area contributed by atoms with Gasteiger partial charge in [0.1, 0.15) is 0 Å². The van der Waals surface area contributed by atoms with Crippen LogP contribution in [0.25, 0.3) is 0 Å². The highest BCUT2D eigenvalue weighted by atomic mass is 35.5. The first-order valence-corrected chi connectivity index (χ1v) is 7.74. The minimum atomic E-state index is -2.96. The van der Waals surface area contributed by atoms with Crippen LogP contribution in [0.3, 0.4) is 0 Å². The van der Waals surface area contributed by atoms with Gasteiger partial charge in [0.05, 0.1) is 11.5 Å². The Morgan fingerprint density at radius 2 is 2.18 bits per heavy atom. The molecule has 2 rings (SSSR count). The van der Waals surface area contributed by atoms with E-state index >= 15 is 0 Å². The zero-order valence-corrected chi connectivity index (χ0v) is 11.3. The van der Waals surface area contributed by atoms with Gasteiger partial charge in [0.15, 0.2) is 9.84 Å². The third-order valence-corrected chi connectivity index (χ3v) is 5.36. The fourth-order valence-corrected chi connectivity index (χ4v) is 4.54. The van der Waals surface area contributed by atoms with E-state index in [1.54, 1.807) is 0 Å². The van der Waals surface area contributed by atoms with Gasteiger partial charge in [-0.15, -0.1) is 0 Å². The predicted octanol–water partition coefficient (Wildman–Crippen LogP) is 1.71. The van der Waals surface area contributed by atoms with Crippen molar-refractivity contribution in [1.82, 2.24) is 0 Å². The van der Waals surface area contributed by atoms with Crippen LogP contribution in [0.5, 0.6) is 0 Å². The summed E-state index contributed by atoms with van der Waals surface area (Å²) in [5.74, 6) is 0.247. The Bertz CT molecular complexity index is 541. The first-order chi connectivity index (χ1) is 7.80. The summed E-state index contributed by atoms with van der Waals surface area (Å²) < 4.78 is 22.9. The fourth-order valence-electron chi connectivity index (χ4n) is 2.26. The molecule has 1 heterocycles. The maximum Gasteiger partial charge on any atom is 0.152 e. The summed E-state index contributed by atoms with van der Waals surface area (Å²) in [7, 11) is -2.96. The molecule has 5 heteroatoms. The Kier molecular flexibility index (Phi) is 3.23. The number of sulfone groups is 1. The molecule has 94 valence electrons. The second-order valence-corrected chi connectivity index (χ2v) is 7.57. The van der Waals surface area contributed by atoms with Crippen molar-refractivity contribution >= 4 is 21.4 Å². The molecule has 1 aromatic carbocycles. The lowest BCUT2D eigenvalue weighted by molar-refractivity contribution is 0.476. The van der Waals surface area contributed by atoms with E-state index in [0.717, 1.165) is 11.1 Å². The summed E-state index contributed by atoms with van der Waals surface area (Å²) in [5.41, 5.74) is 7.50. The number of halogens is 1. The molecule has 3 nitrogen and oxygen atoms in total. The van der Waals surface area contributed by atoms with E-state index < -0.39 is 15.4 Å². The molecule has 0 amide bonds. The molecule has 0 bridgehead atoms. The lowest BCUT2D eigenvalue weighted by Gasteiger charge is -2.22. The summed E-state index contributed by atoms with van der Waals surface area (Å²) >= 11 is 6.14. The third kappa shape index (κ3) is 3.00. The molecule has 17 heavy (non-hydrogen) atoms. The van der Waals surface area contributed by atoms with Crippen LogP contribution in [-0.2, 0) is 16.3 Å². The Morgan fingerprint density at radius 3 is 2.71 bits per heavy atom. The van der Waals surface area contributed by atoms with E-state index in [2.05, 4.69) is 0 Å². The van der Waals surface area contributed by atoms with Gasteiger partial charge >= 0.3 is 0 Å². The zero-order chi connectivity index (χ0) is 12.7. The Hall–Kier alpha value is -0.580. The highest BCUT2D eigenvalue weighted by Crippen LogP contribution is 2.28. The largest absolute Gasteiger partial charge is 0.324 e. The van der Waals surface area contributed by atoms with Gasteiger partial charge in [-0.2, -0.15) is 0 Å². The van der Waals surface area contributed by atoms with E-state index in [4.69, 9.17) is 17.3 Å². The molecule has 1 unspecified atom stereocenters. The van der Waals surface area contributed by atoms with Crippen molar-refractivity contribution in [3.63, 3.8) is 0 Å². The second kappa shape index (κ2) is 4.26. The van der Waals surface area contributed by atoms with Crippen molar-refractivity contribution in [3.05, 3.63) is 34.3 Å². The van der Waals surface area contributed by atoms with Gasteiger partial charge in [0.25, 0.3) is 0 Å². The van der Waals surface area contributed by atoms with Crippen molar-refractivity contribution < 1.29 is 8.42 Å². The van der Waals surface area contributed by atoms with Gasteiger partial charge in [0, 0.05) is 10.6 Å². The van der Waals surface area contributed by atoms with E-state index in [1.165, 1.54) is 0 Å². The molecule has 1 saturated heterocycles. The lowest BCUT2D eigenvalue weighted by atomic mass is 9.91. The average Bonchev–Trinajstić information content (AvgIpc) is 2.46. The highest BCUT2D eigenvalue weighted by molar-refractivity contribution is 7.91. The number of hydrogen-bond donors (Lipinski definition) is 1. The van der Waals surface area contributed by atoms with E-state index in [1.807, 2.05) is 25.1 Å². The van der Waals surface area contributed by atoms with Crippen LogP contribution in [0.4, 0.5) is 0 Å². The number of aryl methyl sites for hydroxylation is 1. The fraction of sp³-hybridized carbons (Fsp3) is 0.500. The van der Waals surface area contributed by atoms with Crippen molar-refractivity contribution in [2.24, 2.45) is 5.73 Å². The standard InChI is InChI=1S/C12H16ClNO2S/c1-9-2-3-10(11(13)6-9)7-12(14)4-5-17(15,16)8-12/h2-3,6H,4-5,7-8,14H2,1H3. The first-order valence-electron chi connectivity index (χ1n) is 5.54. The van der Waals surface area contributed by atoms with Crippen molar-refractivity contribution in [1.29, 1.82) is 0 Å². The number of benzene rings is 1. The van der Waals surface area contributed by atoms with Crippen LogP contribution in [0.1, 0.15) is 17.5 Å². The van der Waals surface area contributed by atoms with Gasteiger partial charge < -0.3 is 5.73 Å². The van der Waals surface area contributed by atoms with Crippen LogP contribution in [-0.4, -0.2) is 25.5 Å². The van der Waals surface area contributed by atoms with Crippen molar-refractivity contribution in [2.75, 3.05) is 11.5 Å². The molecule has 2 N–H and O–H groups in total. The molecule has 1 fully saturated rings. The molecular weight excluding hydrogens is 258 g/mol. The molecule has 0 aromatic heterocycles. The molecule has 1 atom stereocenters. The van der Waals surface area contributed by atoms with E-state index in [9.17, 15) is 8.42 Å². The van der Waals surface area contributed by atoms with Crippen LogP contribution in [0.15, 0.2) is 18.2 Å². The van der Waals surface area contributed by atoms with Crippen LogP contribution < -0.4 is 5.73 Å². The zero-order valence-electron chi connectivity index (χ0n) is 9.74. The van der Waals surface area contributed by atoms with Crippen molar-refractivity contribution in [3.8, 4) is 0 Å². The van der Waals surface area contributed by atoms with Crippen LogP contribution in [0.2, 0.25) is 5.02 Å². The van der Waals surface area contributed by atoms with Gasteiger partial charge in [-0.25, -0.2) is 8.42 Å².